The first-order valence-electron chi connectivity index (χ1n) is 3.01. The summed E-state index contributed by atoms with van der Waals surface area (Å²) in [6.07, 6.45) is 0. The van der Waals surface area contributed by atoms with Crippen LogP contribution in [-0.2, 0) is 21.6 Å². The zero-order chi connectivity index (χ0) is 9.19. The van der Waals surface area contributed by atoms with Crippen molar-refractivity contribution < 1.29 is 41.1 Å². The van der Waals surface area contributed by atoms with E-state index in [4.69, 9.17) is 14.9 Å². The van der Waals surface area contributed by atoms with E-state index in [0.29, 0.717) is 0 Å². The molecule has 0 aromatic heterocycles. The van der Waals surface area contributed by atoms with E-state index in [2.05, 4.69) is 4.52 Å². The van der Waals surface area contributed by atoms with Gasteiger partial charge in [-0.15, -0.1) is 0 Å². The van der Waals surface area contributed by atoms with E-state index in [0.717, 1.165) is 0 Å². The van der Waals surface area contributed by atoms with Crippen molar-refractivity contribution in [3.63, 3.8) is 0 Å². The van der Waals surface area contributed by atoms with Crippen molar-refractivity contribution in [3.8, 4) is 11.5 Å². The number of rotatable bonds is 2. The largest absolute Gasteiger partial charge is 0.524 e. The Kier molecular flexibility index (Phi) is 4.47. The summed E-state index contributed by atoms with van der Waals surface area (Å²) in [5.74, 6) is 0.0224. The molecule has 5 nitrogen and oxygen atoms in total. The van der Waals surface area contributed by atoms with Crippen LogP contribution in [0, 0.1) is 0 Å². The van der Waals surface area contributed by atoms with Crippen molar-refractivity contribution in [1.29, 1.82) is 0 Å². The summed E-state index contributed by atoms with van der Waals surface area (Å²) in [6.45, 7) is 0. The quantitative estimate of drug-likeness (QED) is 0.532. The molecule has 1 rings (SSSR count). The van der Waals surface area contributed by atoms with Crippen LogP contribution in [0.4, 0.5) is 0 Å². The Hall–Kier alpha value is -0.511. The molecular weight excluding hydrogens is 239 g/mol. The summed E-state index contributed by atoms with van der Waals surface area (Å²) in [5, 5.41) is 8.81. The zero-order valence-electron chi connectivity index (χ0n) is 6.27. The van der Waals surface area contributed by atoms with Crippen LogP contribution in [0.5, 0.6) is 11.5 Å². The number of phenols is 1. The maximum atomic E-state index is 10.3. The molecule has 7 heteroatoms. The van der Waals surface area contributed by atoms with E-state index < -0.39 is 7.82 Å². The minimum absolute atomic E-state index is 0. The molecule has 74 valence electrons. The predicted molar refractivity (Wildman–Crippen MR) is 40.8 cm³/mol. The van der Waals surface area contributed by atoms with Gasteiger partial charge in [0.05, 0.1) is 0 Å². The maximum absolute atomic E-state index is 10.3. The average Bonchev–Trinajstić information content (AvgIpc) is 1.91. The topological polar surface area (TPSA) is 87.0 Å². The van der Waals surface area contributed by atoms with Gasteiger partial charge in [-0.05, 0) is 24.3 Å². The molecule has 0 saturated carbocycles. The fourth-order valence-electron chi connectivity index (χ4n) is 0.644. The van der Waals surface area contributed by atoms with Gasteiger partial charge in [0, 0.05) is 17.1 Å². The average molecular weight is 246 g/mol. The van der Waals surface area contributed by atoms with Crippen LogP contribution in [-0.4, -0.2) is 14.9 Å². The van der Waals surface area contributed by atoms with Crippen molar-refractivity contribution in [2.45, 2.75) is 0 Å². The van der Waals surface area contributed by atoms with Crippen molar-refractivity contribution >= 4 is 7.82 Å². The molecule has 0 aliphatic heterocycles. The normalized spacial score (nSPS) is 10.3. The number of phenolic OH excluding ortho intramolecular Hbond substituents is 1. The molecule has 3 N–H and O–H groups in total. The van der Waals surface area contributed by atoms with Crippen LogP contribution < -0.4 is 4.52 Å². The standard InChI is InChI=1S/C6H7O5P.Fe/c7-5-1-3-6(4-2-5)11-12(8,9)10;/h1-4,7H,(H2,8,9,10);. The van der Waals surface area contributed by atoms with Gasteiger partial charge in [-0.25, -0.2) is 4.57 Å². The Labute approximate surface area is 85.1 Å². The number of phosphoric ester groups is 1. The third-order valence-corrected chi connectivity index (χ3v) is 1.51. The van der Waals surface area contributed by atoms with E-state index in [1.165, 1.54) is 24.3 Å². The van der Waals surface area contributed by atoms with Crippen molar-refractivity contribution in [2.24, 2.45) is 0 Å². The fraction of sp³-hybridized carbons (Fsp3) is 0. The van der Waals surface area contributed by atoms with Crippen molar-refractivity contribution in [2.75, 3.05) is 0 Å². The number of hydrogen-bond acceptors (Lipinski definition) is 3. The maximum Gasteiger partial charge on any atom is 0.524 e. The zero-order valence-corrected chi connectivity index (χ0v) is 8.27. The van der Waals surface area contributed by atoms with Gasteiger partial charge in [0.25, 0.3) is 0 Å². The van der Waals surface area contributed by atoms with Gasteiger partial charge in [-0.1, -0.05) is 0 Å². The molecule has 13 heavy (non-hydrogen) atoms. The van der Waals surface area contributed by atoms with Gasteiger partial charge in [0.15, 0.2) is 0 Å². The Morgan fingerprint density at radius 2 is 1.62 bits per heavy atom. The first-order valence-corrected chi connectivity index (χ1v) is 4.54. The molecule has 0 radical (unpaired) electrons. The molecule has 0 atom stereocenters. The summed E-state index contributed by atoms with van der Waals surface area (Å²) in [7, 11) is -4.48. The summed E-state index contributed by atoms with van der Waals surface area (Å²) < 4.78 is 14.5. The molecule has 0 heterocycles. The molecular formula is C6H7FeO5P. The summed E-state index contributed by atoms with van der Waals surface area (Å²) in [5.41, 5.74) is 0. The monoisotopic (exact) mass is 246 g/mol. The second-order valence-electron chi connectivity index (χ2n) is 2.08. The van der Waals surface area contributed by atoms with E-state index in [9.17, 15) is 4.57 Å². The molecule has 0 aliphatic rings. The second kappa shape index (κ2) is 4.65. The Balaban J connectivity index is 0.00000144. The van der Waals surface area contributed by atoms with Crippen LogP contribution in [0.3, 0.4) is 0 Å². The van der Waals surface area contributed by atoms with Gasteiger partial charge in [-0.2, -0.15) is 0 Å². The Bertz CT molecular complexity index is 305. The van der Waals surface area contributed by atoms with Crippen LogP contribution in [0.1, 0.15) is 0 Å². The van der Waals surface area contributed by atoms with Gasteiger partial charge in [-0.3, -0.25) is 9.79 Å². The smallest absolute Gasteiger partial charge is 0.508 e. The van der Waals surface area contributed by atoms with E-state index >= 15 is 0 Å². The SMILES string of the molecule is O=P(O)(O)Oc1ccc(O)cc1.[Fe]. The summed E-state index contributed by atoms with van der Waals surface area (Å²) >= 11 is 0. The number of aromatic hydroxyl groups is 1. The third-order valence-electron chi connectivity index (χ3n) is 1.06. The van der Waals surface area contributed by atoms with Gasteiger partial charge in [0.2, 0.25) is 0 Å². The van der Waals surface area contributed by atoms with Crippen LogP contribution in [0.2, 0.25) is 0 Å². The summed E-state index contributed by atoms with van der Waals surface area (Å²) in [6, 6.07) is 5.05. The minimum atomic E-state index is -4.48. The molecule has 1 aromatic carbocycles. The molecule has 0 amide bonds. The molecule has 0 spiro atoms. The molecule has 0 fully saturated rings. The molecule has 0 saturated heterocycles. The van der Waals surface area contributed by atoms with Crippen molar-refractivity contribution in [3.05, 3.63) is 24.3 Å². The molecule has 0 bridgehead atoms. The van der Waals surface area contributed by atoms with Gasteiger partial charge >= 0.3 is 7.82 Å². The van der Waals surface area contributed by atoms with Crippen LogP contribution in [0.15, 0.2) is 24.3 Å². The molecule has 0 unspecified atom stereocenters. The van der Waals surface area contributed by atoms with Gasteiger partial charge in [0.1, 0.15) is 11.5 Å². The second-order valence-corrected chi connectivity index (χ2v) is 3.24. The van der Waals surface area contributed by atoms with E-state index in [-0.39, 0.29) is 28.6 Å². The van der Waals surface area contributed by atoms with Gasteiger partial charge < -0.3 is 9.63 Å². The van der Waals surface area contributed by atoms with Crippen molar-refractivity contribution in [1.82, 2.24) is 0 Å². The van der Waals surface area contributed by atoms with Crippen LogP contribution in [0.25, 0.3) is 0 Å². The third kappa shape index (κ3) is 4.93. The minimum Gasteiger partial charge on any atom is -0.508 e. The predicted octanol–water partition coefficient (Wildman–Crippen LogP) is 0.861. The molecule has 0 aliphatic carbocycles. The summed E-state index contributed by atoms with van der Waals surface area (Å²) in [4.78, 5) is 16.7. The van der Waals surface area contributed by atoms with E-state index in [1.54, 1.807) is 0 Å². The number of hydrogen-bond donors (Lipinski definition) is 3. The number of benzene rings is 1. The Morgan fingerprint density at radius 1 is 1.15 bits per heavy atom. The van der Waals surface area contributed by atoms with Crippen LogP contribution >= 0.6 is 7.82 Å². The fourth-order valence-corrected chi connectivity index (χ4v) is 1.04. The number of phosphoric acid groups is 1. The first kappa shape index (κ1) is 12.5. The van der Waals surface area contributed by atoms with E-state index in [1.807, 2.05) is 0 Å². The molecule has 1 aromatic rings. The Morgan fingerprint density at radius 3 is 2.00 bits per heavy atom. The first-order chi connectivity index (χ1) is 5.47.